The quantitative estimate of drug-likeness (QED) is 0.418. The lowest BCUT2D eigenvalue weighted by Gasteiger charge is -2.43. The van der Waals surface area contributed by atoms with Crippen LogP contribution in [-0.2, 0) is 4.74 Å². The highest BCUT2D eigenvalue weighted by Crippen LogP contribution is 2.28. The molecule has 2 saturated heterocycles. The van der Waals surface area contributed by atoms with Gasteiger partial charge in [0.25, 0.3) is 5.91 Å². The van der Waals surface area contributed by atoms with Crippen LogP contribution in [0.1, 0.15) is 88.2 Å². The summed E-state index contributed by atoms with van der Waals surface area (Å²) in [5, 5.41) is 21.2. The van der Waals surface area contributed by atoms with Crippen molar-refractivity contribution in [3.63, 3.8) is 0 Å². The Morgan fingerprint density at radius 3 is 2.17 bits per heavy atom. The van der Waals surface area contributed by atoms with Crippen molar-refractivity contribution in [3.8, 4) is 11.8 Å². The number of benzene rings is 1. The number of halogens is 1. The van der Waals surface area contributed by atoms with Crippen molar-refractivity contribution in [1.82, 2.24) is 25.3 Å². The van der Waals surface area contributed by atoms with Crippen molar-refractivity contribution in [1.29, 1.82) is 5.26 Å². The van der Waals surface area contributed by atoms with Crippen molar-refractivity contribution in [2.24, 2.45) is 0 Å². The summed E-state index contributed by atoms with van der Waals surface area (Å²) in [7, 11) is 2.21. The Bertz CT molecular complexity index is 1390. The van der Waals surface area contributed by atoms with Crippen LogP contribution in [0, 0.1) is 11.3 Å². The fraction of sp³-hybridized carbons (Fsp3) is 0.618. The number of amides is 2. The van der Waals surface area contributed by atoms with E-state index in [4.69, 9.17) is 26.3 Å². The van der Waals surface area contributed by atoms with Crippen molar-refractivity contribution in [3.05, 3.63) is 46.6 Å². The van der Waals surface area contributed by atoms with Gasteiger partial charge in [-0.1, -0.05) is 11.6 Å². The van der Waals surface area contributed by atoms with Gasteiger partial charge in [0.05, 0.1) is 16.7 Å². The number of rotatable bonds is 7. The fourth-order valence-corrected chi connectivity index (χ4v) is 6.85. The van der Waals surface area contributed by atoms with Crippen LogP contribution in [0.5, 0.6) is 5.75 Å². The molecule has 0 radical (unpaired) electrons. The van der Waals surface area contributed by atoms with E-state index in [1.54, 1.807) is 24.3 Å². The third kappa shape index (κ3) is 8.80. The third-order valence-corrected chi connectivity index (χ3v) is 9.63. The minimum absolute atomic E-state index is 0.0392. The zero-order valence-electron chi connectivity index (χ0n) is 27.4. The number of aromatic nitrogens is 2. The maximum atomic E-state index is 12.9. The Morgan fingerprint density at radius 2 is 1.61 bits per heavy atom. The zero-order valence-corrected chi connectivity index (χ0v) is 28.1. The van der Waals surface area contributed by atoms with Crippen LogP contribution >= 0.6 is 11.6 Å². The Labute approximate surface area is 277 Å². The summed E-state index contributed by atoms with van der Waals surface area (Å²) >= 11 is 6.13. The van der Waals surface area contributed by atoms with E-state index in [-0.39, 0.29) is 24.1 Å². The van der Waals surface area contributed by atoms with Crippen LogP contribution in [-0.4, -0.2) is 95.1 Å². The summed E-state index contributed by atoms with van der Waals surface area (Å²) < 4.78 is 11.6. The minimum atomic E-state index is -0.474. The summed E-state index contributed by atoms with van der Waals surface area (Å²) in [4.78, 5) is 31.9. The van der Waals surface area contributed by atoms with E-state index >= 15 is 0 Å². The van der Waals surface area contributed by atoms with Gasteiger partial charge in [0.2, 0.25) is 0 Å². The number of nitrogens with zero attached hydrogens (tertiary/aromatic N) is 6. The number of nitrogens with one attached hydrogen (secondary N) is 1. The maximum Gasteiger partial charge on any atom is 0.410 e. The second-order valence-corrected chi connectivity index (χ2v) is 14.1. The van der Waals surface area contributed by atoms with E-state index in [2.05, 4.69) is 38.4 Å². The molecule has 3 heterocycles. The zero-order chi connectivity index (χ0) is 32.8. The van der Waals surface area contributed by atoms with Crippen LogP contribution in [0.3, 0.4) is 0 Å². The normalized spacial score (nSPS) is 21.5. The minimum Gasteiger partial charge on any atom is -0.490 e. The van der Waals surface area contributed by atoms with Crippen LogP contribution in [0.2, 0.25) is 5.02 Å². The standard InChI is InChI=1S/C34H46ClN7O4/c1-34(2,3)46-33(44)42-19-15-26(16-20-42)40(4)25-13-17-41(18-14-25)31-12-11-30(38-39-31)32(43)37-24-6-9-27(10-7-24)45-28-8-5-23(22-36)29(35)21-28/h5,8,11-12,21,24-27H,6-7,9-10,13-20H2,1-4H3,(H,37,43). The number of ether oxygens (including phenoxy) is 2. The maximum absolute atomic E-state index is 12.9. The first-order chi connectivity index (χ1) is 22.0. The number of hydrogen-bond acceptors (Lipinski definition) is 9. The molecular formula is C34H46ClN7O4. The highest BCUT2D eigenvalue weighted by Gasteiger charge is 2.32. The van der Waals surface area contributed by atoms with Crippen molar-refractivity contribution >= 4 is 29.4 Å². The molecular weight excluding hydrogens is 606 g/mol. The van der Waals surface area contributed by atoms with Gasteiger partial charge in [-0.05, 0) is 103 Å². The van der Waals surface area contributed by atoms with Gasteiger partial charge in [0, 0.05) is 50.4 Å². The molecule has 3 fully saturated rings. The lowest BCUT2D eigenvalue weighted by Crippen LogP contribution is -2.52. The molecule has 0 unspecified atom stereocenters. The molecule has 1 aromatic heterocycles. The number of likely N-dealkylation sites (tertiary alicyclic amines) is 1. The fourth-order valence-electron chi connectivity index (χ4n) is 6.63. The molecule has 11 nitrogen and oxygen atoms in total. The van der Waals surface area contributed by atoms with Crippen LogP contribution in [0.4, 0.5) is 10.6 Å². The van der Waals surface area contributed by atoms with Crippen molar-refractivity contribution < 1.29 is 19.1 Å². The first-order valence-electron chi connectivity index (χ1n) is 16.4. The lowest BCUT2D eigenvalue weighted by atomic mass is 9.93. The van der Waals surface area contributed by atoms with Crippen molar-refractivity contribution in [2.75, 3.05) is 38.1 Å². The first-order valence-corrected chi connectivity index (χ1v) is 16.8. The van der Waals surface area contributed by atoms with Gasteiger partial charge >= 0.3 is 6.09 Å². The molecule has 1 N–H and O–H groups in total. The van der Waals surface area contributed by atoms with Gasteiger partial charge < -0.3 is 29.5 Å². The van der Waals surface area contributed by atoms with Gasteiger partial charge in [-0.15, -0.1) is 10.2 Å². The van der Waals surface area contributed by atoms with E-state index in [1.165, 1.54) is 0 Å². The number of carbonyl (C=O) groups excluding carboxylic acids is 2. The van der Waals surface area contributed by atoms with Gasteiger partial charge in [-0.2, -0.15) is 5.26 Å². The summed E-state index contributed by atoms with van der Waals surface area (Å²) in [5.41, 5.74) is 0.273. The molecule has 0 spiro atoms. The monoisotopic (exact) mass is 651 g/mol. The largest absolute Gasteiger partial charge is 0.490 e. The SMILES string of the molecule is CN(C1CCN(C(=O)OC(C)(C)C)CC1)C1CCN(c2ccc(C(=O)NC3CCC(Oc4ccc(C#N)c(Cl)c4)CC3)nn2)CC1. The average molecular weight is 652 g/mol. The molecule has 0 bridgehead atoms. The number of carbonyl (C=O) groups is 2. The first kappa shape index (κ1) is 33.7. The molecule has 1 saturated carbocycles. The van der Waals surface area contributed by atoms with Crippen molar-refractivity contribution in [2.45, 2.75) is 102 Å². The summed E-state index contributed by atoms with van der Waals surface area (Å²) in [6, 6.07) is 11.8. The predicted molar refractivity (Wildman–Crippen MR) is 176 cm³/mol. The smallest absolute Gasteiger partial charge is 0.410 e. The summed E-state index contributed by atoms with van der Waals surface area (Å²) in [6.07, 6.45) is 7.00. The molecule has 3 aliphatic rings. The van der Waals surface area contributed by atoms with Gasteiger partial charge in [-0.25, -0.2) is 4.79 Å². The second-order valence-electron chi connectivity index (χ2n) is 13.7. The van der Waals surface area contributed by atoms with Crippen LogP contribution in [0.25, 0.3) is 0 Å². The molecule has 2 aromatic rings. The predicted octanol–water partition coefficient (Wildman–Crippen LogP) is 5.42. The molecule has 248 valence electrons. The topological polar surface area (TPSA) is 124 Å². The van der Waals surface area contributed by atoms with Crippen LogP contribution < -0.4 is 15.0 Å². The van der Waals surface area contributed by atoms with E-state index in [0.29, 0.717) is 34.1 Å². The van der Waals surface area contributed by atoms with E-state index in [0.717, 1.165) is 83.4 Å². The number of piperidine rings is 2. The lowest BCUT2D eigenvalue weighted by molar-refractivity contribution is 0.0125. The molecule has 2 amide bonds. The number of anilines is 1. The molecule has 0 atom stereocenters. The van der Waals surface area contributed by atoms with E-state index in [9.17, 15) is 9.59 Å². The van der Waals surface area contributed by atoms with E-state index < -0.39 is 5.60 Å². The average Bonchev–Trinajstić information content (AvgIpc) is 3.05. The Balaban J connectivity index is 1.02. The highest BCUT2D eigenvalue weighted by atomic mass is 35.5. The molecule has 1 aromatic carbocycles. The molecule has 1 aliphatic carbocycles. The van der Waals surface area contributed by atoms with Gasteiger partial charge in [0.1, 0.15) is 17.4 Å². The summed E-state index contributed by atoms with van der Waals surface area (Å²) in [6.45, 7) is 8.92. The Kier molecular flexibility index (Phi) is 10.9. The second kappa shape index (κ2) is 14.9. The van der Waals surface area contributed by atoms with Crippen LogP contribution in [0.15, 0.2) is 30.3 Å². The molecule has 5 rings (SSSR count). The van der Waals surface area contributed by atoms with Gasteiger partial charge in [-0.3, -0.25) is 4.79 Å². The molecule has 12 heteroatoms. The Hall–Kier alpha value is -3.62. The highest BCUT2D eigenvalue weighted by molar-refractivity contribution is 6.31. The molecule has 46 heavy (non-hydrogen) atoms. The number of nitriles is 1. The molecule has 2 aliphatic heterocycles. The van der Waals surface area contributed by atoms with E-state index in [1.807, 2.05) is 31.7 Å². The number of hydrogen-bond donors (Lipinski definition) is 1. The summed E-state index contributed by atoms with van der Waals surface area (Å²) in [5.74, 6) is 1.24. The third-order valence-electron chi connectivity index (χ3n) is 9.31. The Morgan fingerprint density at radius 1 is 0.957 bits per heavy atom. The van der Waals surface area contributed by atoms with Gasteiger partial charge in [0.15, 0.2) is 11.5 Å².